The Labute approximate surface area is 58.0 Å². The van der Waals surface area contributed by atoms with Crippen LogP contribution in [0.1, 0.15) is 19.3 Å². The van der Waals surface area contributed by atoms with E-state index in [4.69, 9.17) is 4.74 Å². The van der Waals surface area contributed by atoms with Crippen molar-refractivity contribution in [3.8, 4) is 0 Å². The second-order valence-corrected chi connectivity index (χ2v) is 4.42. The quantitative estimate of drug-likeness (QED) is 0.530. The molecule has 1 unspecified atom stereocenters. The Balaban J connectivity index is 2.37. The van der Waals surface area contributed by atoms with Crippen LogP contribution in [0, 0.1) is 0 Å². The third kappa shape index (κ3) is 1.78. The minimum atomic E-state index is -0.641. The maximum Gasteiger partial charge on any atom is 0.141 e. The lowest BCUT2D eigenvalue weighted by atomic mass is 10.2. The molecule has 54 valence electrons. The van der Waals surface area contributed by atoms with Crippen molar-refractivity contribution in [2.24, 2.45) is 0 Å². The van der Waals surface area contributed by atoms with E-state index >= 15 is 0 Å². The molecular formula is C6H14O2Si. The van der Waals surface area contributed by atoms with Crippen molar-refractivity contribution in [2.75, 3.05) is 6.61 Å². The smallest absolute Gasteiger partial charge is 0.141 e. The van der Waals surface area contributed by atoms with Gasteiger partial charge in [0.25, 0.3) is 0 Å². The highest BCUT2D eigenvalue weighted by Crippen LogP contribution is 2.20. The largest absolute Gasteiger partial charge is 0.370 e. The summed E-state index contributed by atoms with van der Waals surface area (Å²) in [6, 6.07) is 0. The number of hydrogen-bond donors (Lipinski definition) is 1. The molecule has 1 aliphatic rings. The second-order valence-electron chi connectivity index (χ2n) is 2.61. The molecule has 0 spiro atoms. The van der Waals surface area contributed by atoms with Gasteiger partial charge < -0.3 is 9.84 Å². The lowest BCUT2D eigenvalue weighted by Crippen LogP contribution is -2.40. The van der Waals surface area contributed by atoms with Crippen molar-refractivity contribution in [1.82, 2.24) is 0 Å². The van der Waals surface area contributed by atoms with Gasteiger partial charge in [0, 0.05) is 6.61 Å². The Morgan fingerprint density at radius 3 is 2.67 bits per heavy atom. The molecule has 1 aliphatic heterocycles. The molecule has 9 heavy (non-hydrogen) atoms. The van der Waals surface area contributed by atoms with E-state index in [1.165, 1.54) is 0 Å². The predicted octanol–water partition coefficient (Wildman–Crippen LogP) is 0.0499. The summed E-state index contributed by atoms with van der Waals surface area (Å²) in [5.74, 6) is 0. The third-order valence-electron chi connectivity index (χ3n) is 1.88. The maximum absolute atomic E-state index is 9.52. The molecule has 0 aromatic rings. The summed E-state index contributed by atoms with van der Waals surface area (Å²) >= 11 is 0. The molecular weight excluding hydrogens is 132 g/mol. The summed E-state index contributed by atoms with van der Waals surface area (Å²) in [6.07, 6.45) is 3.13. The van der Waals surface area contributed by atoms with Gasteiger partial charge in [-0.1, -0.05) is 6.55 Å². The van der Waals surface area contributed by atoms with Crippen molar-refractivity contribution >= 4 is 9.52 Å². The molecule has 0 radical (unpaired) electrons. The van der Waals surface area contributed by atoms with E-state index in [0.717, 1.165) is 25.9 Å². The summed E-state index contributed by atoms with van der Waals surface area (Å²) in [5, 5.41) is 9.52. The van der Waals surface area contributed by atoms with E-state index in [1.807, 2.05) is 0 Å². The summed E-state index contributed by atoms with van der Waals surface area (Å²) in [5.41, 5.74) is -0.641. The highest BCUT2D eigenvalue weighted by Gasteiger charge is 2.27. The second kappa shape index (κ2) is 2.81. The van der Waals surface area contributed by atoms with Gasteiger partial charge in [0.1, 0.15) is 5.41 Å². The molecule has 2 nitrogen and oxygen atoms in total. The first-order chi connectivity index (χ1) is 4.27. The first kappa shape index (κ1) is 7.25. The summed E-state index contributed by atoms with van der Waals surface area (Å²) in [6.45, 7) is 2.85. The Kier molecular flexibility index (Phi) is 2.27. The molecule has 1 saturated heterocycles. The van der Waals surface area contributed by atoms with Gasteiger partial charge in [0.15, 0.2) is 0 Å². The molecule has 3 heteroatoms. The van der Waals surface area contributed by atoms with Gasteiger partial charge in [-0.3, -0.25) is 0 Å². The van der Waals surface area contributed by atoms with Crippen molar-refractivity contribution in [1.29, 1.82) is 0 Å². The zero-order valence-electron chi connectivity index (χ0n) is 5.89. The molecule has 1 fully saturated rings. The first-order valence-electron chi connectivity index (χ1n) is 3.63. The van der Waals surface area contributed by atoms with Gasteiger partial charge >= 0.3 is 0 Å². The Bertz CT molecular complexity index is 89.1. The molecule has 0 bridgehead atoms. The van der Waals surface area contributed by atoms with Gasteiger partial charge in [-0.25, -0.2) is 0 Å². The number of hydrogen-bond acceptors (Lipinski definition) is 2. The van der Waals surface area contributed by atoms with Crippen LogP contribution in [0.4, 0.5) is 0 Å². The van der Waals surface area contributed by atoms with Crippen LogP contribution >= 0.6 is 0 Å². The molecule has 0 aromatic carbocycles. The van der Waals surface area contributed by atoms with Gasteiger partial charge in [-0.15, -0.1) is 0 Å². The van der Waals surface area contributed by atoms with Crippen molar-refractivity contribution in [3.63, 3.8) is 0 Å². The third-order valence-corrected chi connectivity index (χ3v) is 3.55. The average molecular weight is 146 g/mol. The molecule has 1 atom stereocenters. The molecule has 0 aromatic heterocycles. The molecule has 1 N–H and O–H groups in total. The molecule has 1 heterocycles. The fourth-order valence-electron chi connectivity index (χ4n) is 1.12. The van der Waals surface area contributed by atoms with E-state index in [-0.39, 0.29) is 0 Å². The summed E-state index contributed by atoms with van der Waals surface area (Å²) < 4.78 is 5.23. The maximum atomic E-state index is 9.52. The Hall–Kier alpha value is 0.137. The van der Waals surface area contributed by atoms with Crippen molar-refractivity contribution < 1.29 is 9.84 Å². The fraction of sp³-hybridized carbons (Fsp3) is 1.00. The minimum Gasteiger partial charge on any atom is -0.370 e. The van der Waals surface area contributed by atoms with Crippen LogP contribution < -0.4 is 0 Å². The van der Waals surface area contributed by atoms with Crippen LogP contribution in [0.15, 0.2) is 0 Å². The standard InChI is InChI=1S/C6H14O2Si/c1-9-6(7)4-2-3-5-8-6/h7H,2-5,9H2,1H3. The number of aliphatic hydroxyl groups is 1. The van der Waals surface area contributed by atoms with Crippen LogP contribution in [0.5, 0.6) is 0 Å². The van der Waals surface area contributed by atoms with Crippen LogP contribution in [0.25, 0.3) is 0 Å². The highest BCUT2D eigenvalue weighted by atomic mass is 28.2. The first-order valence-corrected chi connectivity index (χ1v) is 5.75. The zero-order chi connectivity index (χ0) is 6.74. The van der Waals surface area contributed by atoms with E-state index in [0.29, 0.717) is 0 Å². The molecule has 0 aliphatic carbocycles. The topological polar surface area (TPSA) is 29.5 Å². The number of ether oxygens (including phenoxy) is 1. The zero-order valence-corrected chi connectivity index (χ0v) is 7.31. The average Bonchev–Trinajstić information content (AvgIpc) is 1.90. The van der Waals surface area contributed by atoms with E-state index < -0.39 is 14.9 Å². The normalized spacial score (nSPS) is 38.0. The summed E-state index contributed by atoms with van der Waals surface area (Å²) in [7, 11) is -0.395. The molecule has 1 rings (SSSR count). The van der Waals surface area contributed by atoms with Crippen molar-refractivity contribution in [2.45, 2.75) is 31.2 Å². The van der Waals surface area contributed by atoms with Crippen LogP contribution in [-0.2, 0) is 4.74 Å². The van der Waals surface area contributed by atoms with Gasteiger partial charge in [0.2, 0.25) is 0 Å². The number of rotatable bonds is 1. The fourth-order valence-corrected chi connectivity index (χ4v) is 2.07. The minimum absolute atomic E-state index is 0.395. The van der Waals surface area contributed by atoms with Crippen LogP contribution in [0.3, 0.4) is 0 Å². The predicted molar refractivity (Wildman–Crippen MR) is 39.2 cm³/mol. The highest BCUT2D eigenvalue weighted by molar-refractivity contribution is 6.36. The van der Waals surface area contributed by atoms with Crippen LogP contribution in [0.2, 0.25) is 6.55 Å². The molecule has 0 amide bonds. The van der Waals surface area contributed by atoms with E-state index in [9.17, 15) is 5.11 Å². The van der Waals surface area contributed by atoms with Gasteiger partial charge in [-0.05, 0) is 19.3 Å². The van der Waals surface area contributed by atoms with Crippen molar-refractivity contribution in [3.05, 3.63) is 0 Å². The SMILES string of the molecule is C[SiH2]C1(O)CCCCO1. The Morgan fingerprint density at radius 1 is 1.56 bits per heavy atom. The lowest BCUT2D eigenvalue weighted by molar-refractivity contribution is -0.164. The Morgan fingerprint density at radius 2 is 2.33 bits per heavy atom. The molecule has 0 saturated carbocycles. The van der Waals surface area contributed by atoms with Gasteiger partial charge in [-0.2, -0.15) is 0 Å². The van der Waals surface area contributed by atoms with Crippen LogP contribution in [-0.4, -0.2) is 26.6 Å². The summed E-state index contributed by atoms with van der Waals surface area (Å²) in [4.78, 5) is 0. The van der Waals surface area contributed by atoms with E-state index in [1.54, 1.807) is 0 Å². The van der Waals surface area contributed by atoms with E-state index in [2.05, 4.69) is 6.55 Å². The lowest BCUT2D eigenvalue weighted by Gasteiger charge is -2.30. The monoisotopic (exact) mass is 146 g/mol. The van der Waals surface area contributed by atoms with Gasteiger partial charge in [0.05, 0.1) is 9.52 Å².